The van der Waals surface area contributed by atoms with Crippen LogP contribution in [0.4, 0.5) is 0 Å². The Hall–Kier alpha value is -0.860. The number of nitrogens with zero attached hydrogens (tertiary/aromatic N) is 1. The molecule has 94 valence electrons. The van der Waals surface area contributed by atoms with Crippen molar-refractivity contribution in [2.24, 2.45) is 11.7 Å². The lowest BCUT2D eigenvalue weighted by Crippen LogP contribution is -2.40. The molecule has 1 aliphatic heterocycles. The van der Waals surface area contributed by atoms with Gasteiger partial charge in [-0.2, -0.15) is 0 Å². The molecule has 1 aromatic carbocycles. The van der Waals surface area contributed by atoms with Crippen molar-refractivity contribution < 1.29 is 0 Å². The van der Waals surface area contributed by atoms with Gasteiger partial charge < -0.3 is 5.73 Å². The van der Waals surface area contributed by atoms with Gasteiger partial charge in [-0.3, -0.25) is 4.90 Å². The molecule has 2 N–H and O–H groups in total. The Morgan fingerprint density at radius 2 is 2.18 bits per heavy atom. The summed E-state index contributed by atoms with van der Waals surface area (Å²) in [7, 11) is 0. The molecule has 17 heavy (non-hydrogen) atoms. The predicted octanol–water partition coefficient (Wildman–Crippen LogP) is 2.73. The minimum Gasteiger partial charge on any atom is -0.329 e. The predicted molar refractivity (Wildman–Crippen MR) is 72.9 cm³/mol. The minimum absolute atomic E-state index is 0.402. The van der Waals surface area contributed by atoms with E-state index in [-0.39, 0.29) is 0 Å². The Bertz CT molecular complexity index is 362. The van der Waals surface area contributed by atoms with Crippen molar-refractivity contribution in [3.8, 4) is 0 Å². The first-order valence-corrected chi connectivity index (χ1v) is 6.72. The summed E-state index contributed by atoms with van der Waals surface area (Å²) >= 11 is 0. The maximum absolute atomic E-state index is 6.01. The second-order valence-corrected chi connectivity index (χ2v) is 5.35. The molecule has 2 unspecified atom stereocenters. The first-order valence-electron chi connectivity index (χ1n) is 6.72. The number of nitrogens with two attached hydrogens (primary N) is 1. The van der Waals surface area contributed by atoms with E-state index in [0.717, 1.165) is 12.5 Å². The van der Waals surface area contributed by atoms with E-state index in [1.165, 1.54) is 37.1 Å². The van der Waals surface area contributed by atoms with Crippen LogP contribution in [-0.4, -0.2) is 24.5 Å². The third-order valence-electron chi connectivity index (χ3n) is 3.90. The van der Waals surface area contributed by atoms with Crippen LogP contribution in [0.25, 0.3) is 0 Å². The number of likely N-dealkylation sites (tertiary alicyclic amines) is 1. The van der Waals surface area contributed by atoms with Crippen LogP contribution in [0, 0.1) is 12.8 Å². The molecule has 0 saturated carbocycles. The molecule has 1 heterocycles. The van der Waals surface area contributed by atoms with Gasteiger partial charge in [0.25, 0.3) is 0 Å². The number of aryl methyl sites for hydroxylation is 1. The summed E-state index contributed by atoms with van der Waals surface area (Å²) in [6.07, 6.45) is 2.67. The summed E-state index contributed by atoms with van der Waals surface area (Å²) in [6, 6.07) is 9.04. The second-order valence-electron chi connectivity index (χ2n) is 5.35. The lowest BCUT2D eigenvalue weighted by Gasteiger charge is -2.37. The van der Waals surface area contributed by atoms with Crippen LogP contribution >= 0.6 is 0 Å². The molecule has 2 rings (SSSR count). The van der Waals surface area contributed by atoms with Crippen molar-refractivity contribution in [2.45, 2.75) is 32.7 Å². The van der Waals surface area contributed by atoms with E-state index in [9.17, 15) is 0 Å². The van der Waals surface area contributed by atoms with Crippen LogP contribution in [0.3, 0.4) is 0 Å². The van der Waals surface area contributed by atoms with Crippen LogP contribution < -0.4 is 5.73 Å². The van der Waals surface area contributed by atoms with Crippen LogP contribution in [-0.2, 0) is 0 Å². The molecule has 0 aliphatic carbocycles. The molecule has 0 aromatic heterocycles. The van der Waals surface area contributed by atoms with Crippen molar-refractivity contribution in [3.63, 3.8) is 0 Å². The third kappa shape index (κ3) is 2.88. The van der Waals surface area contributed by atoms with Gasteiger partial charge in [0, 0.05) is 19.1 Å². The molecular formula is C15H24N2. The Balaban J connectivity index is 2.18. The minimum atomic E-state index is 0.402. The second kappa shape index (κ2) is 5.65. The number of piperidine rings is 1. The average molecular weight is 232 g/mol. The Morgan fingerprint density at radius 1 is 1.41 bits per heavy atom. The highest BCUT2D eigenvalue weighted by Crippen LogP contribution is 2.27. The Labute approximate surface area is 105 Å². The lowest BCUT2D eigenvalue weighted by atomic mass is 9.94. The molecule has 1 fully saturated rings. The average Bonchev–Trinajstić information content (AvgIpc) is 2.33. The van der Waals surface area contributed by atoms with Crippen LogP contribution in [0.5, 0.6) is 0 Å². The van der Waals surface area contributed by atoms with Crippen molar-refractivity contribution in [1.29, 1.82) is 0 Å². The van der Waals surface area contributed by atoms with Crippen LogP contribution in [0.1, 0.15) is 36.9 Å². The maximum atomic E-state index is 6.01. The highest BCUT2D eigenvalue weighted by atomic mass is 15.2. The van der Waals surface area contributed by atoms with E-state index in [1.807, 2.05) is 0 Å². The summed E-state index contributed by atoms with van der Waals surface area (Å²) in [6.45, 7) is 7.64. The highest BCUT2D eigenvalue weighted by Gasteiger charge is 2.24. The van der Waals surface area contributed by atoms with Crippen LogP contribution in [0.15, 0.2) is 24.3 Å². The molecule has 1 aromatic rings. The molecule has 0 bridgehead atoms. The number of rotatable bonds is 3. The quantitative estimate of drug-likeness (QED) is 0.868. The molecule has 0 amide bonds. The van der Waals surface area contributed by atoms with E-state index in [0.29, 0.717) is 6.04 Å². The topological polar surface area (TPSA) is 29.3 Å². The zero-order valence-corrected chi connectivity index (χ0v) is 11.0. The number of hydrogen-bond donors (Lipinski definition) is 1. The summed E-state index contributed by atoms with van der Waals surface area (Å²) < 4.78 is 0. The summed E-state index contributed by atoms with van der Waals surface area (Å²) in [5.41, 5.74) is 8.78. The van der Waals surface area contributed by atoms with Gasteiger partial charge in [-0.05, 0) is 43.4 Å². The van der Waals surface area contributed by atoms with Crippen molar-refractivity contribution in [1.82, 2.24) is 4.90 Å². The van der Waals surface area contributed by atoms with Gasteiger partial charge in [0.2, 0.25) is 0 Å². The van der Waals surface area contributed by atoms with Gasteiger partial charge in [0.05, 0.1) is 0 Å². The molecule has 0 spiro atoms. The fourth-order valence-corrected chi connectivity index (χ4v) is 2.94. The van der Waals surface area contributed by atoms with E-state index < -0.39 is 0 Å². The Kier molecular flexibility index (Phi) is 4.19. The van der Waals surface area contributed by atoms with Gasteiger partial charge in [-0.1, -0.05) is 31.2 Å². The molecule has 2 nitrogen and oxygen atoms in total. The zero-order chi connectivity index (χ0) is 12.3. The largest absolute Gasteiger partial charge is 0.329 e. The third-order valence-corrected chi connectivity index (χ3v) is 3.90. The number of benzene rings is 1. The molecule has 2 atom stereocenters. The van der Waals surface area contributed by atoms with E-state index in [2.05, 4.69) is 43.0 Å². The normalized spacial score (nSPS) is 23.6. The standard InChI is InChI=1S/C15H24N2/c1-12-6-5-9-17(11-12)15(10-16)14-8-4-3-7-13(14)2/h3-4,7-8,12,15H,5-6,9-11,16H2,1-2H3. The van der Waals surface area contributed by atoms with Crippen LogP contribution in [0.2, 0.25) is 0 Å². The zero-order valence-electron chi connectivity index (χ0n) is 11.0. The lowest BCUT2D eigenvalue weighted by molar-refractivity contribution is 0.133. The summed E-state index contributed by atoms with van der Waals surface area (Å²) in [5, 5.41) is 0. The van der Waals surface area contributed by atoms with Gasteiger partial charge in [-0.25, -0.2) is 0 Å². The van der Waals surface area contributed by atoms with Crippen molar-refractivity contribution >= 4 is 0 Å². The van der Waals surface area contributed by atoms with Gasteiger partial charge in [-0.15, -0.1) is 0 Å². The molecule has 0 radical (unpaired) electrons. The molecule has 1 saturated heterocycles. The van der Waals surface area contributed by atoms with Crippen molar-refractivity contribution in [2.75, 3.05) is 19.6 Å². The van der Waals surface area contributed by atoms with E-state index >= 15 is 0 Å². The smallest absolute Gasteiger partial charge is 0.0473 e. The molecular weight excluding hydrogens is 208 g/mol. The van der Waals surface area contributed by atoms with Gasteiger partial charge in [0.15, 0.2) is 0 Å². The van der Waals surface area contributed by atoms with Gasteiger partial charge in [0.1, 0.15) is 0 Å². The fourth-order valence-electron chi connectivity index (χ4n) is 2.94. The fraction of sp³-hybridized carbons (Fsp3) is 0.600. The Morgan fingerprint density at radius 3 is 2.82 bits per heavy atom. The van der Waals surface area contributed by atoms with E-state index in [4.69, 9.17) is 5.73 Å². The number of hydrogen-bond acceptors (Lipinski definition) is 2. The monoisotopic (exact) mass is 232 g/mol. The summed E-state index contributed by atoms with van der Waals surface area (Å²) in [4.78, 5) is 2.57. The maximum Gasteiger partial charge on any atom is 0.0473 e. The summed E-state index contributed by atoms with van der Waals surface area (Å²) in [5.74, 6) is 0.807. The molecule has 2 heteroatoms. The first-order chi connectivity index (χ1) is 8.22. The van der Waals surface area contributed by atoms with Gasteiger partial charge >= 0.3 is 0 Å². The first kappa shape index (κ1) is 12.6. The molecule has 1 aliphatic rings. The van der Waals surface area contributed by atoms with Crippen molar-refractivity contribution in [3.05, 3.63) is 35.4 Å². The SMILES string of the molecule is Cc1ccccc1C(CN)N1CCCC(C)C1. The highest BCUT2D eigenvalue weighted by molar-refractivity contribution is 5.29. The van der Waals surface area contributed by atoms with E-state index in [1.54, 1.807) is 0 Å².